The van der Waals surface area contributed by atoms with Crippen molar-refractivity contribution in [2.45, 2.75) is 32.4 Å². The second-order valence-corrected chi connectivity index (χ2v) is 5.12. The Morgan fingerprint density at radius 2 is 2.35 bits per heavy atom. The zero-order valence-corrected chi connectivity index (χ0v) is 13.0. The number of aromatic nitrogens is 2. The van der Waals surface area contributed by atoms with Crippen molar-refractivity contribution in [3.8, 4) is 0 Å². The zero-order chi connectivity index (χ0) is 15.1. The van der Waals surface area contributed by atoms with E-state index in [4.69, 9.17) is 5.11 Å². The average molecular weight is 348 g/mol. The van der Waals surface area contributed by atoms with Crippen LogP contribution in [0.4, 0.5) is 5.69 Å². The minimum absolute atomic E-state index is 0.226. The van der Waals surface area contributed by atoms with E-state index < -0.39 is 11.5 Å². The topological polar surface area (TPSA) is 93.5 Å². The predicted molar refractivity (Wildman–Crippen MR) is 77.6 cm³/mol. The van der Waals surface area contributed by atoms with Crippen LogP contribution in [0.2, 0.25) is 0 Å². The fourth-order valence-electron chi connectivity index (χ4n) is 1.51. The highest BCUT2D eigenvalue weighted by atomic mass is 79.9. The lowest BCUT2D eigenvalue weighted by Crippen LogP contribution is -2.28. The van der Waals surface area contributed by atoms with Crippen molar-refractivity contribution in [1.82, 2.24) is 9.78 Å². The monoisotopic (exact) mass is 347 g/mol. The number of ether oxygens (including phenoxy) is 1. The minimum Gasteiger partial charge on any atom is -0.468 e. The summed E-state index contributed by atoms with van der Waals surface area (Å²) in [5.74, 6) is -0.538. The number of methoxy groups -OCH3 is 1. The molecule has 0 bridgehead atoms. The van der Waals surface area contributed by atoms with Crippen LogP contribution >= 0.6 is 15.9 Å². The fourth-order valence-corrected chi connectivity index (χ4v) is 1.96. The summed E-state index contributed by atoms with van der Waals surface area (Å²) < 4.78 is 5.83. The molecule has 0 amide bonds. The Morgan fingerprint density at radius 3 is 2.95 bits per heavy atom. The number of anilines is 1. The lowest BCUT2D eigenvalue weighted by Gasteiger charge is -2.10. The van der Waals surface area contributed by atoms with Gasteiger partial charge in [0.25, 0.3) is 5.56 Å². The van der Waals surface area contributed by atoms with E-state index in [2.05, 4.69) is 31.1 Å². The maximum absolute atomic E-state index is 11.9. The van der Waals surface area contributed by atoms with Crippen LogP contribution in [0.25, 0.3) is 0 Å². The van der Waals surface area contributed by atoms with Crippen molar-refractivity contribution in [1.29, 1.82) is 0 Å². The molecule has 0 saturated carbocycles. The number of carbonyl (C=O) groups excluding carboxylic acids is 1. The first kappa shape index (κ1) is 16.6. The second kappa shape index (κ2) is 8.01. The first-order chi connectivity index (χ1) is 9.45. The molecule has 112 valence electrons. The molecule has 1 atom stereocenters. The van der Waals surface area contributed by atoms with Gasteiger partial charge < -0.3 is 15.2 Å². The molecule has 1 unspecified atom stereocenters. The van der Waals surface area contributed by atoms with Gasteiger partial charge in [0.1, 0.15) is 11.0 Å². The third-order valence-electron chi connectivity index (χ3n) is 2.61. The Morgan fingerprint density at radius 1 is 1.65 bits per heavy atom. The van der Waals surface area contributed by atoms with Crippen molar-refractivity contribution in [3.05, 3.63) is 21.0 Å². The van der Waals surface area contributed by atoms with E-state index in [0.717, 1.165) is 11.1 Å². The molecule has 0 fully saturated rings. The van der Waals surface area contributed by atoms with Crippen LogP contribution in [-0.2, 0) is 16.1 Å². The van der Waals surface area contributed by atoms with Gasteiger partial charge in [-0.25, -0.2) is 4.68 Å². The molecular formula is C12H18BrN3O4. The molecule has 20 heavy (non-hydrogen) atoms. The van der Waals surface area contributed by atoms with Crippen LogP contribution in [0, 0.1) is 0 Å². The van der Waals surface area contributed by atoms with Crippen LogP contribution in [0.15, 0.2) is 15.5 Å². The Bertz CT molecular complexity index is 516. The maximum Gasteiger partial charge on any atom is 0.327 e. The standard InChI is InChI=1S/C12H18BrN3O4/c1-8(17)4-3-5-14-9-6-15-16(7-10(18)20-2)12(19)11(9)13/h6,8,14,17H,3-5,7H2,1-2H3. The Hall–Kier alpha value is -1.41. The molecule has 0 spiro atoms. The highest BCUT2D eigenvalue weighted by Gasteiger charge is 2.11. The summed E-state index contributed by atoms with van der Waals surface area (Å²) in [4.78, 5) is 23.1. The average Bonchev–Trinajstić information content (AvgIpc) is 2.41. The van der Waals surface area contributed by atoms with Gasteiger partial charge in [-0.1, -0.05) is 0 Å². The molecule has 1 rings (SSSR count). The summed E-state index contributed by atoms with van der Waals surface area (Å²) in [5.41, 5.74) is 0.151. The van der Waals surface area contributed by atoms with Crippen molar-refractivity contribution in [2.75, 3.05) is 19.0 Å². The van der Waals surface area contributed by atoms with Crippen molar-refractivity contribution < 1.29 is 14.6 Å². The third-order valence-corrected chi connectivity index (χ3v) is 3.37. The number of halogens is 1. The molecule has 0 aliphatic carbocycles. The molecule has 0 saturated heterocycles. The number of nitrogens with zero attached hydrogens (tertiary/aromatic N) is 2. The Balaban J connectivity index is 2.69. The number of carbonyl (C=O) groups is 1. The second-order valence-electron chi connectivity index (χ2n) is 4.33. The number of aliphatic hydroxyl groups excluding tert-OH is 1. The predicted octanol–water partition coefficient (Wildman–Crippen LogP) is 0.752. The van der Waals surface area contributed by atoms with E-state index >= 15 is 0 Å². The van der Waals surface area contributed by atoms with Crippen molar-refractivity contribution in [2.24, 2.45) is 0 Å². The minimum atomic E-state index is -0.538. The molecular weight excluding hydrogens is 330 g/mol. The third kappa shape index (κ3) is 4.93. The largest absolute Gasteiger partial charge is 0.468 e. The Kier molecular flexibility index (Phi) is 6.66. The van der Waals surface area contributed by atoms with Crippen LogP contribution in [0.5, 0.6) is 0 Å². The van der Waals surface area contributed by atoms with Gasteiger partial charge >= 0.3 is 5.97 Å². The number of rotatable bonds is 7. The van der Waals surface area contributed by atoms with Gasteiger partial charge in [-0.2, -0.15) is 5.10 Å². The molecule has 0 aromatic carbocycles. The van der Waals surface area contributed by atoms with Gasteiger partial charge in [0.2, 0.25) is 0 Å². The molecule has 2 N–H and O–H groups in total. The summed E-state index contributed by atoms with van der Waals surface area (Å²) in [6.45, 7) is 2.12. The SMILES string of the molecule is COC(=O)Cn1ncc(NCCCC(C)O)c(Br)c1=O. The molecule has 0 radical (unpaired) electrons. The number of aliphatic hydroxyl groups is 1. The van der Waals surface area contributed by atoms with Gasteiger partial charge in [0, 0.05) is 6.54 Å². The van der Waals surface area contributed by atoms with E-state index in [0.29, 0.717) is 23.1 Å². The molecule has 1 aromatic heterocycles. The molecule has 1 aromatic rings. The summed E-state index contributed by atoms with van der Waals surface area (Å²) in [6, 6.07) is 0. The normalized spacial score (nSPS) is 12.0. The van der Waals surface area contributed by atoms with Crippen molar-refractivity contribution in [3.63, 3.8) is 0 Å². The summed E-state index contributed by atoms with van der Waals surface area (Å²) in [7, 11) is 1.25. The van der Waals surface area contributed by atoms with E-state index in [1.807, 2.05) is 0 Å². The summed E-state index contributed by atoms with van der Waals surface area (Å²) in [6.07, 6.45) is 2.58. The van der Waals surface area contributed by atoms with Crippen LogP contribution < -0.4 is 10.9 Å². The molecule has 0 aliphatic rings. The van der Waals surface area contributed by atoms with E-state index in [9.17, 15) is 9.59 Å². The van der Waals surface area contributed by atoms with Crippen LogP contribution in [0.3, 0.4) is 0 Å². The van der Waals surface area contributed by atoms with E-state index in [1.165, 1.54) is 13.3 Å². The smallest absolute Gasteiger partial charge is 0.327 e. The lowest BCUT2D eigenvalue weighted by molar-refractivity contribution is -0.141. The maximum atomic E-state index is 11.9. The summed E-state index contributed by atoms with van der Waals surface area (Å²) >= 11 is 3.19. The highest BCUT2D eigenvalue weighted by Crippen LogP contribution is 2.16. The van der Waals surface area contributed by atoms with Gasteiger partial charge in [-0.3, -0.25) is 9.59 Å². The number of hydrogen-bond acceptors (Lipinski definition) is 6. The quantitative estimate of drug-likeness (QED) is 0.558. The first-order valence-electron chi connectivity index (χ1n) is 6.20. The van der Waals surface area contributed by atoms with Crippen LogP contribution in [-0.4, -0.2) is 40.6 Å². The van der Waals surface area contributed by atoms with Gasteiger partial charge in [0.15, 0.2) is 0 Å². The van der Waals surface area contributed by atoms with Gasteiger partial charge in [0.05, 0.1) is 25.1 Å². The number of esters is 1. The Labute approximate surface area is 125 Å². The van der Waals surface area contributed by atoms with Gasteiger partial charge in [-0.05, 0) is 35.7 Å². The number of nitrogens with one attached hydrogen (secondary N) is 1. The molecule has 8 heteroatoms. The van der Waals surface area contributed by atoms with Gasteiger partial charge in [-0.15, -0.1) is 0 Å². The molecule has 0 aliphatic heterocycles. The lowest BCUT2D eigenvalue weighted by atomic mass is 10.2. The van der Waals surface area contributed by atoms with E-state index in [-0.39, 0.29) is 12.6 Å². The first-order valence-corrected chi connectivity index (χ1v) is 6.99. The van der Waals surface area contributed by atoms with Crippen LogP contribution in [0.1, 0.15) is 19.8 Å². The van der Waals surface area contributed by atoms with E-state index in [1.54, 1.807) is 6.92 Å². The highest BCUT2D eigenvalue weighted by molar-refractivity contribution is 9.10. The fraction of sp³-hybridized carbons (Fsp3) is 0.583. The zero-order valence-electron chi connectivity index (χ0n) is 11.4. The molecule has 7 nitrogen and oxygen atoms in total. The number of hydrogen-bond donors (Lipinski definition) is 2. The van der Waals surface area contributed by atoms with Crippen molar-refractivity contribution >= 4 is 27.6 Å². The molecule has 1 heterocycles. The summed E-state index contributed by atoms with van der Waals surface area (Å²) in [5, 5.41) is 16.1.